The molecule has 4 aromatic rings. The van der Waals surface area contributed by atoms with E-state index in [4.69, 9.17) is 9.47 Å². The fourth-order valence-electron chi connectivity index (χ4n) is 4.00. The van der Waals surface area contributed by atoms with E-state index in [0.717, 1.165) is 27.8 Å². The molecule has 1 heterocycles. The molecule has 31 heavy (non-hydrogen) atoms. The first kappa shape index (κ1) is 20.5. The van der Waals surface area contributed by atoms with Crippen LogP contribution in [0.4, 0.5) is 0 Å². The van der Waals surface area contributed by atoms with Gasteiger partial charge < -0.3 is 19.4 Å². The van der Waals surface area contributed by atoms with E-state index in [0.29, 0.717) is 17.9 Å². The summed E-state index contributed by atoms with van der Waals surface area (Å²) in [5, 5.41) is 1.10. The van der Waals surface area contributed by atoms with Gasteiger partial charge in [-0.05, 0) is 48.9 Å². The van der Waals surface area contributed by atoms with Gasteiger partial charge >= 0.3 is 0 Å². The van der Waals surface area contributed by atoms with Crippen LogP contribution >= 0.6 is 0 Å². The van der Waals surface area contributed by atoms with Gasteiger partial charge in [0.2, 0.25) is 0 Å². The minimum absolute atomic E-state index is 0.0486. The number of amides is 1. The molecular weight excluding hydrogens is 388 g/mol. The Kier molecular flexibility index (Phi) is 5.94. The molecule has 0 aliphatic carbocycles. The van der Waals surface area contributed by atoms with E-state index in [1.54, 1.807) is 20.3 Å². The smallest absolute Gasteiger partial charge is 0.254 e. The zero-order chi connectivity index (χ0) is 21.8. The van der Waals surface area contributed by atoms with Crippen LogP contribution in [0.25, 0.3) is 10.9 Å². The van der Waals surface area contributed by atoms with Crippen molar-refractivity contribution in [3.63, 3.8) is 0 Å². The highest BCUT2D eigenvalue weighted by Gasteiger charge is 2.28. The van der Waals surface area contributed by atoms with Crippen LogP contribution in [-0.2, 0) is 0 Å². The lowest BCUT2D eigenvalue weighted by molar-refractivity contribution is 0.0717. The van der Waals surface area contributed by atoms with Crippen molar-refractivity contribution in [3.8, 4) is 11.5 Å². The number of benzene rings is 3. The number of fused-ring (bicyclic) bond motifs is 1. The maximum absolute atomic E-state index is 13.6. The van der Waals surface area contributed by atoms with Gasteiger partial charge in [-0.1, -0.05) is 36.4 Å². The molecule has 0 fully saturated rings. The summed E-state index contributed by atoms with van der Waals surface area (Å²) in [6.07, 6.45) is 2.00. The van der Waals surface area contributed by atoms with Gasteiger partial charge in [-0.25, -0.2) is 0 Å². The minimum atomic E-state index is -0.259. The number of carbonyl (C=O) groups excluding carboxylic acids is 1. The van der Waals surface area contributed by atoms with Gasteiger partial charge in [0.05, 0.1) is 20.3 Å². The number of nitrogens with one attached hydrogen (secondary N) is 1. The van der Waals surface area contributed by atoms with E-state index < -0.39 is 0 Å². The van der Waals surface area contributed by atoms with Gasteiger partial charge in [0.25, 0.3) is 5.91 Å². The molecule has 1 atom stereocenters. The lowest BCUT2D eigenvalue weighted by Gasteiger charge is -2.31. The molecule has 0 radical (unpaired) electrons. The molecule has 1 amide bonds. The molecule has 1 N–H and O–H groups in total. The van der Waals surface area contributed by atoms with Crippen molar-refractivity contribution < 1.29 is 14.3 Å². The van der Waals surface area contributed by atoms with Gasteiger partial charge in [-0.15, -0.1) is 0 Å². The number of rotatable bonds is 7. The molecule has 4 rings (SSSR count). The molecule has 1 aromatic heterocycles. The zero-order valence-corrected chi connectivity index (χ0v) is 18.0. The lowest BCUT2D eigenvalue weighted by Crippen LogP contribution is -2.35. The highest BCUT2D eigenvalue weighted by Crippen LogP contribution is 2.35. The molecule has 0 bridgehead atoms. The first-order valence-corrected chi connectivity index (χ1v) is 10.3. The van der Waals surface area contributed by atoms with Crippen molar-refractivity contribution in [1.82, 2.24) is 9.88 Å². The summed E-state index contributed by atoms with van der Waals surface area (Å²) in [4.78, 5) is 18.9. The van der Waals surface area contributed by atoms with E-state index in [1.807, 2.05) is 78.7 Å². The van der Waals surface area contributed by atoms with Gasteiger partial charge in [-0.3, -0.25) is 4.79 Å². The number of para-hydroxylation sites is 1. The molecule has 158 valence electrons. The predicted octanol–water partition coefficient (Wildman–Crippen LogP) is 5.44. The SMILES string of the molecule is CCN(C(=O)c1cccc(OC)c1)[C@@H](c1ccc(OC)cc1)c1c[nH]c2ccccc12. The zero-order valence-electron chi connectivity index (χ0n) is 18.0. The number of hydrogen-bond donors (Lipinski definition) is 1. The molecule has 5 heteroatoms. The number of H-pyrrole nitrogens is 1. The van der Waals surface area contributed by atoms with Crippen molar-refractivity contribution in [1.29, 1.82) is 0 Å². The van der Waals surface area contributed by atoms with E-state index >= 15 is 0 Å². The predicted molar refractivity (Wildman–Crippen MR) is 123 cm³/mol. The average molecular weight is 415 g/mol. The van der Waals surface area contributed by atoms with Gasteiger partial charge in [0.15, 0.2) is 0 Å². The molecule has 5 nitrogen and oxygen atoms in total. The number of nitrogens with zero attached hydrogens (tertiary/aromatic N) is 1. The van der Waals surface area contributed by atoms with Crippen molar-refractivity contribution >= 4 is 16.8 Å². The molecule has 0 unspecified atom stereocenters. The van der Waals surface area contributed by atoms with Crippen LogP contribution < -0.4 is 9.47 Å². The maximum atomic E-state index is 13.6. The van der Waals surface area contributed by atoms with Crippen molar-refractivity contribution in [2.24, 2.45) is 0 Å². The third kappa shape index (κ3) is 3.99. The van der Waals surface area contributed by atoms with Crippen LogP contribution in [0.1, 0.15) is 34.5 Å². The summed E-state index contributed by atoms with van der Waals surface area (Å²) in [5.41, 5.74) is 3.71. The number of carbonyl (C=O) groups is 1. The Bertz CT molecular complexity index is 1180. The maximum Gasteiger partial charge on any atom is 0.254 e. The summed E-state index contributed by atoms with van der Waals surface area (Å²) in [6.45, 7) is 2.55. The van der Waals surface area contributed by atoms with Crippen molar-refractivity contribution in [2.45, 2.75) is 13.0 Å². The monoisotopic (exact) mass is 414 g/mol. The van der Waals surface area contributed by atoms with Gasteiger partial charge in [0, 0.05) is 34.8 Å². The second-order valence-corrected chi connectivity index (χ2v) is 7.29. The van der Waals surface area contributed by atoms with Crippen molar-refractivity contribution in [2.75, 3.05) is 20.8 Å². The molecule has 0 saturated carbocycles. The second kappa shape index (κ2) is 8.96. The number of aromatic nitrogens is 1. The largest absolute Gasteiger partial charge is 0.497 e. The standard InChI is InChI=1S/C26H26N2O3/c1-4-28(26(29)19-8-7-9-21(16-19)31-3)25(18-12-14-20(30-2)15-13-18)23-17-27-24-11-6-5-10-22(23)24/h5-17,25,27H,4H2,1-3H3/t25-/m0/s1. The molecule has 0 saturated heterocycles. The van der Waals surface area contributed by atoms with E-state index in [2.05, 4.69) is 11.1 Å². The van der Waals surface area contributed by atoms with Crippen LogP contribution in [0.15, 0.2) is 79.0 Å². The van der Waals surface area contributed by atoms with Crippen LogP contribution in [0.3, 0.4) is 0 Å². The topological polar surface area (TPSA) is 54.6 Å². The van der Waals surface area contributed by atoms with Crippen molar-refractivity contribution in [3.05, 3.63) is 95.7 Å². The summed E-state index contributed by atoms with van der Waals surface area (Å²) in [6, 6.07) is 23.1. The minimum Gasteiger partial charge on any atom is -0.497 e. The highest BCUT2D eigenvalue weighted by atomic mass is 16.5. The van der Waals surface area contributed by atoms with Crippen LogP contribution in [-0.4, -0.2) is 36.6 Å². The molecule has 0 spiro atoms. The third-order valence-electron chi connectivity index (χ3n) is 5.58. The second-order valence-electron chi connectivity index (χ2n) is 7.29. The Labute approximate surface area is 182 Å². The first-order chi connectivity index (χ1) is 15.2. The third-order valence-corrected chi connectivity index (χ3v) is 5.58. The Morgan fingerprint density at radius 2 is 1.68 bits per heavy atom. The number of methoxy groups -OCH3 is 2. The Hall–Kier alpha value is -3.73. The van der Waals surface area contributed by atoms with Gasteiger partial charge in [-0.2, -0.15) is 0 Å². The summed E-state index contributed by atoms with van der Waals surface area (Å²) in [7, 11) is 3.25. The number of aromatic amines is 1. The first-order valence-electron chi connectivity index (χ1n) is 10.3. The molecule has 0 aliphatic rings. The lowest BCUT2D eigenvalue weighted by atomic mass is 9.95. The average Bonchev–Trinajstić information content (AvgIpc) is 3.26. The van der Waals surface area contributed by atoms with Crippen LogP contribution in [0, 0.1) is 0 Å². The number of hydrogen-bond acceptors (Lipinski definition) is 3. The van der Waals surface area contributed by atoms with Crippen LogP contribution in [0.5, 0.6) is 11.5 Å². The van der Waals surface area contributed by atoms with E-state index in [9.17, 15) is 4.79 Å². The quantitative estimate of drug-likeness (QED) is 0.438. The highest BCUT2D eigenvalue weighted by molar-refractivity contribution is 5.96. The van der Waals surface area contributed by atoms with Crippen LogP contribution in [0.2, 0.25) is 0 Å². The van der Waals surface area contributed by atoms with E-state index in [1.165, 1.54) is 0 Å². The Morgan fingerprint density at radius 3 is 2.39 bits per heavy atom. The number of ether oxygens (including phenoxy) is 2. The molecule has 3 aromatic carbocycles. The summed E-state index contributed by atoms with van der Waals surface area (Å²) >= 11 is 0. The summed E-state index contributed by atoms with van der Waals surface area (Å²) < 4.78 is 10.7. The Morgan fingerprint density at radius 1 is 0.935 bits per heavy atom. The van der Waals surface area contributed by atoms with Gasteiger partial charge in [0.1, 0.15) is 11.5 Å². The molecular formula is C26H26N2O3. The van der Waals surface area contributed by atoms with E-state index in [-0.39, 0.29) is 11.9 Å². The fourth-order valence-corrected chi connectivity index (χ4v) is 4.00. The summed E-state index contributed by atoms with van der Waals surface area (Å²) in [5.74, 6) is 1.39. The normalized spacial score (nSPS) is 11.8. The molecule has 0 aliphatic heterocycles. The fraction of sp³-hybridized carbons (Fsp3) is 0.192. The Balaban J connectivity index is 1.84.